The van der Waals surface area contributed by atoms with E-state index in [4.69, 9.17) is 14.4 Å². The smallest absolute Gasteiger partial charge is 0.143 e. The van der Waals surface area contributed by atoms with Gasteiger partial charge in [0, 0.05) is 55.0 Å². The Kier molecular flexibility index (Phi) is 4.61. The first kappa shape index (κ1) is 22.3. The Morgan fingerprint density at radius 1 is 0.512 bits per heavy atom. The first-order valence-corrected chi connectivity index (χ1v) is 13.8. The highest BCUT2D eigenvalue weighted by molar-refractivity contribution is 6.28. The molecule has 9 aromatic rings. The molecule has 3 aromatic heterocycles. The molecule has 0 N–H and O–H groups in total. The number of para-hydroxylation sites is 2. The molecule has 3 heterocycles. The molecule has 0 fully saturated rings. The van der Waals surface area contributed by atoms with E-state index in [1.54, 1.807) is 0 Å². The minimum absolute atomic E-state index is 0.900. The summed E-state index contributed by atoms with van der Waals surface area (Å²) < 4.78 is 6.39. The fraction of sp³-hybridized carbons (Fsp3) is 0. The van der Waals surface area contributed by atoms with Gasteiger partial charge in [-0.2, -0.15) is 0 Å². The van der Waals surface area contributed by atoms with Crippen LogP contribution in [0.15, 0.2) is 138 Å². The van der Waals surface area contributed by atoms with Gasteiger partial charge in [-0.3, -0.25) is 4.98 Å². The van der Waals surface area contributed by atoms with Crippen LogP contribution in [-0.4, -0.2) is 9.97 Å². The first-order valence-electron chi connectivity index (χ1n) is 13.8. The quantitative estimate of drug-likeness (QED) is 0.212. The molecule has 0 unspecified atom stereocenters. The molecule has 0 radical (unpaired) electrons. The SMILES string of the molecule is c1ccc(-c2nc3cc(-c4cccc5c4oc4ccccc45)ccc3c3c2ccc2ccc4cccnc4c23)cc1. The Balaban J connectivity index is 1.42. The van der Waals surface area contributed by atoms with E-state index in [1.807, 2.05) is 30.5 Å². The summed E-state index contributed by atoms with van der Waals surface area (Å²) in [6, 6.07) is 44.6. The molecular weight excluding hydrogens is 500 g/mol. The Labute approximate surface area is 235 Å². The van der Waals surface area contributed by atoms with Gasteiger partial charge in [0.1, 0.15) is 11.2 Å². The van der Waals surface area contributed by atoms with Gasteiger partial charge in [-0.15, -0.1) is 0 Å². The maximum absolute atomic E-state index is 6.39. The van der Waals surface area contributed by atoms with Gasteiger partial charge in [0.15, 0.2) is 0 Å². The van der Waals surface area contributed by atoms with Crippen molar-refractivity contribution in [2.45, 2.75) is 0 Å². The number of fused-ring (bicyclic) bond motifs is 10. The Morgan fingerprint density at radius 2 is 1.32 bits per heavy atom. The van der Waals surface area contributed by atoms with Gasteiger partial charge in [-0.1, -0.05) is 109 Å². The number of benzene rings is 6. The Hall–Kier alpha value is -5.54. The van der Waals surface area contributed by atoms with Crippen molar-refractivity contribution in [2.24, 2.45) is 0 Å². The molecule has 190 valence electrons. The second-order valence-electron chi connectivity index (χ2n) is 10.6. The van der Waals surface area contributed by atoms with E-state index in [-0.39, 0.29) is 0 Å². The molecule has 3 heteroatoms. The number of rotatable bonds is 2. The summed E-state index contributed by atoms with van der Waals surface area (Å²) >= 11 is 0. The van der Waals surface area contributed by atoms with E-state index >= 15 is 0 Å². The molecule has 9 rings (SSSR count). The lowest BCUT2D eigenvalue weighted by atomic mass is 9.92. The fourth-order valence-electron chi connectivity index (χ4n) is 6.40. The number of hydrogen-bond donors (Lipinski definition) is 0. The summed E-state index contributed by atoms with van der Waals surface area (Å²) in [6.45, 7) is 0. The average molecular weight is 523 g/mol. The third-order valence-electron chi connectivity index (χ3n) is 8.27. The molecule has 6 aromatic carbocycles. The van der Waals surface area contributed by atoms with Crippen LogP contribution in [0.25, 0.3) is 87.7 Å². The van der Waals surface area contributed by atoms with Crippen molar-refractivity contribution in [3.8, 4) is 22.4 Å². The van der Waals surface area contributed by atoms with Gasteiger partial charge in [0.05, 0.1) is 16.7 Å². The Bertz CT molecular complexity index is 2470. The molecule has 0 saturated carbocycles. The molecule has 0 aliphatic carbocycles. The van der Waals surface area contributed by atoms with Crippen LogP contribution >= 0.6 is 0 Å². The van der Waals surface area contributed by atoms with Crippen LogP contribution < -0.4 is 0 Å². The zero-order valence-electron chi connectivity index (χ0n) is 22.0. The van der Waals surface area contributed by atoms with Crippen LogP contribution in [0.3, 0.4) is 0 Å². The molecule has 0 spiro atoms. The van der Waals surface area contributed by atoms with E-state index in [0.717, 1.165) is 76.9 Å². The highest BCUT2D eigenvalue weighted by Crippen LogP contribution is 2.41. The van der Waals surface area contributed by atoms with Gasteiger partial charge in [-0.05, 0) is 29.1 Å². The predicted octanol–water partition coefficient (Wildman–Crippen LogP) is 10.3. The van der Waals surface area contributed by atoms with Crippen LogP contribution in [0.4, 0.5) is 0 Å². The summed E-state index contributed by atoms with van der Waals surface area (Å²) in [5, 5.41) is 9.15. The zero-order valence-corrected chi connectivity index (χ0v) is 22.0. The number of nitrogens with zero attached hydrogens (tertiary/aromatic N) is 2. The van der Waals surface area contributed by atoms with Crippen molar-refractivity contribution >= 4 is 65.3 Å². The van der Waals surface area contributed by atoms with Crippen LogP contribution in [0.5, 0.6) is 0 Å². The predicted molar refractivity (Wildman–Crippen MR) is 170 cm³/mol. The van der Waals surface area contributed by atoms with Crippen molar-refractivity contribution in [1.82, 2.24) is 9.97 Å². The number of furan rings is 1. The minimum Gasteiger partial charge on any atom is -0.455 e. The van der Waals surface area contributed by atoms with Gasteiger partial charge in [-0.25, -0.2) is 4.98 Å². The highest BCUT2D eigenvalue weighted by Gasteiger charge is 2.17. The maximum atomic E-state index is 6.39. The molecule has 0 atom stereocenters. The molecule has 0 saturated heterocycles. The first-order chi connectivity index (χ1) is 20.3. The summed E-state index contributed by atoms with van der Waals surface area (Å²) in [4.78, 5) is 10.2. The number of hydrogen-bond acceptors (Lipinski definition) is 3. The van der Waals surface area contributed by atoms with Crippen LogP contribution in [0, 0.1) is 0 Å². The monoisotopic (exact) mass is 522 g/mol. The zero-order chi connectivity index (χ0) is 26.9. The van der Waals surface area contributed by atoms with Crippen molar-refractivity contribution in [1.29, 1.82) is 0 Å². The summed E-state index contributed by atoms with van der Waals surface area (Å²) in [7, 11) is 0. The van der Waals surface area contributed by atoms with E-state index in [1.165, 1.54) is 10.8 Å². The lowest BCUT2D eigenvalue weighted by Crippen LogP contribution is -1.93. The molecule has 0 amide bonds. The summed E-state index contributed by atoms with van der Waals surface area (Å²) in [5.41, 5.74) is 7.97. The van der Waals surface area contributed by atoms with Gasteiger partial charge < -0.3 is 4.42 Å². The lowest BCUT2D eigenvalue weighted by molar-refractivity contribution is 0.670. The second-order valence-corrected chi connectivity index (χ2v) is 10.6. The minimum atomic E-state index is 0.900. The van der Waals surface area contributed by atoms with Gasteiger partial charge >= 0.3 is 0 Å². The van der Waals surface area contributed by atoms with E-state index in [0.29, 0.717) is 0 Å². The van der Waals surface area contributed by atoms with Crippen molar-refractivity contribution in [3.63, 3.8) is 0 Å². The van der Waals surface area contributed by atoms with E-state index < -0.39 is 0 Å². The molecule has 3 nitrogen and oxygen atoms in total. The molecule has 0 aliphatic rings. The van der Waals surface area contributed by atoms with Crippen LogP contribution in [0.2, 0.25) is 0 Å². The number of pyridine rings is 2. The third kappa shape index (κ3) is 3.26. The molecule has 41 heavy (non-hydrogen) atoms. The van der Waals surface area contributed by atoms with Crippen molar-refractivity contribution in [3.05, 3.63) is 134 Å². The Morgan fingerprint density at radius 3 is 2.27 bits per heavy atom. The second kappa shape index (κ2) is 8.48. The fourth-order valence-corrected chi connectivity index (χ4v) is 6.40. The third-order valence-corrected chi connectivity index (χ3v) is 8.27. The van der Waals surface area contributed by atoms with Crippen molar-refractivity contribution in [2.75, 3.05) is 0 Å². The molecule has 0 bridgehead atoms. The largest absolute Gasteiger partial charge is 0.455 e. The van der Waals surface area contributed by atoms with Crippen LogP contribution in [0.1, 0.15) is 0 Å². The average Bonchev–Trinajstić information content (AvgIpc) is 3.43. The topological polar surface area (TPSA) is 38.9 Å². The molecule has 0 aliphatic heterocycles. The normalized spacial score (nSPS) is 11.9. The lowest BCUT2D eigenvalue weighted by Gasteiger charge is -2.15. The van der Waals surface area contributed by atoms with E-state index in [9.17, 15) is 0 Å². The summed E-state index contributed by atoms with van der Waals surface area (Å²) in [5.74, 6) is 0. The summed E-state index contributed by atoms with van der Waals surface area (Å²) in [6.07, 6.45) is 1.88. The van der Waals surface area contributed by atoms with Crippen molar-refractivity contribution < 1.29 is 4.42 Å². The maximum Gasteiger partial charge on any atom is 0.143 e. The van der Waals surface area contributed by atoms with Gasteiger partial charge in [0.25, 0.3) is 0 Å². The number of aromatic nitrogens is 2. The highest BCUT2D eigenvalue weighted by atomic mass is 16.3. The molecular formula is C38H22N2O. The standard InChI is InChI=1S/C38H22N2O/c1-2-8-24(9-3-1)36-31-20-17-23-15-16-25-10-7-21-39-37(25)34(23)35(31)30-19-18-26(22-32(30)40-36)27-12-6-13-29-28-11-4-5-14-33(28)41-38(27)29/h1-22H. The van der Waals surface area contributed by atoms with Gasteiger partial charge in [0.2, 0.25) is 0 Å². The van der Waals surface area contributed by atoms with E-state index in [2.05, 4.69) is 103 Å². The van der Waals surface area contributed by atoms with Crippen LogP contribution in [-0.2, 0) is 0 Å².